The van der Waals surface area contributed by atoms with E-state index in [-0.39, 0.29) is 22.8 Å². The Balaban J connectivity index is 2.18. The van der Waals surface area contributed by atoms with Crippen molar-refractivity contribution in [2.45, 2.75) is 11.7 Å². The van der Waals surface area contributed by atoms with Crippen molar-refractivity contribution < 1.29 is 19.1 Å². The first-order chi connectivity index (χ1) is 11.6. The van der Waals surface area contributed by atoms with E-state index in [2.05, 4.69) is 0 Å². The molecule has 2 rings (SSSR count). The second kappa shape index (κ2) is 9.13. The van der Waals surface area contributed by atoms with Crippen molar-refractivity contribution in [1.82, 2.24) is 0 Å². The number of rotatable bonds is 8. The van der Waals surface area contributed by atoms with Crippen LogP contribution in [0.2, 0.25) is 0 Å². The van der Waals surface area contributed by atoms with Crippen LogP contribution in [0.4, 0.5) is 0 Å². The van der Waals surface area contributed by atoms with Gasteiger partial charge in [0.25, 0.3) is 0 Å². The lowest BCUT2D eigenvalue weighted by Gasteiger charge is -2.17. The highest BCUT2D eigenvalue weighted by Gasteiger charge is 2.20. The van der Waals surface area contributed by atoms with E-state index in [1.54, 1.807) is 19.2 Å². The summed E-state index contributed by atoms with van der Waals surface area (Å²) < 4.78 is 9.96. The average Bonchev–Trinajstić information content (AvgIpc) is 2.65. The fourth-order valence-electron chi connectivity index (χ4n) is 2.25. The van der Waals surface area contributed by atoms with Gasteiger partial charge in [0.1, 0.15) is 5.75 Å². The molecule has 0 aromatic heterocycles. The number of hydrogen-bond donors (Lipinski definition) is 0. The van der Waals surface area contributed by atoms with Crippen LogP contribution in [0.15, 0.2) is 54.6 Å². The number of benzene rings is 2. The number of ketones is 1. The number of ether oxygens (including phenoxy) is 2. The molecule has 0 heterocycles. The standard InChI is InChI=1S/C19H20O4S/c1-22-16-10-6-9-15(11-16)18(24-13-19(21)23-2)12-17(20)14-7-4-3-5-8-14/h3-11,18H,12-13H2,1-2H3/t18-/m0/s1. The van der Waals surface area contributed by atoms with E-state index >= 15 is 0 Å². The second-order valence-electron chi connectivity index (χ2n) is 5.15. The van der Waals surface area contributed by atoms with Gasteiger partial charge in [-0.3, -0.25) is 9.59 Å². The molecule has 2 aromatic rings. The summed E-state index contributed by atoms with van der Waals surface area (Å²) in [5.74, 6) is 0.657. The maximum Gasteiger partial charge on any atom is 0.315 e. The molecule has 0 bridgehead atoms. The molecule has 0 saturated heterocycles. The van der Waals surface area contributed by atoms with Crippen molar-refractivity contribution in [3.8, 4) is 5.75 Å². The smallest absolute Gasteiger partial charge is 0.315 e. The molecule has 0 radical (unpaired) electrons. The molecule has 0 fully saturated rings. The third-order valence-electron chi connectivity index (χ3n) is 3.56. The third kappa shape index (κ3) is 5.13. The quantitative estimate of drug-likeness (QED) is 0.537. The molecule has 4 nitrogen and oxygen atoms in total. The number of carbonyl (C=O) groups is 2. The Morgan fingerprint density at radius 2 is 1.79 bits per heavy atom. The van der Waals surface area contributed by atoms with E-state index < -0.39 is 0 Å². The van der Waals surface area contributed by atoms with E-state index in [1.807, 2.05) is 42.5 Å². The van der Waals surface area contributed by atoms with E-state index in [9.17, 15) is 9.59 Å². The van der Waals surface area contributed by atoms with Gasteiger partial charge in [-0.1, -0.05) is 42.5 Å². The zero-order valence-electron chi connectivity index (χ0n) is 13.7. The maximum atomic E-state index is 12.5. The number of methoxy groups -OCH3 is 2. The predicted molar refractivity (Wildman–Crippen MR) is 95.6 cm³/mol. The summed E-state index contributed by atoms with van der Waals surface area (Å²) in [7, 11) is 2.96. The monoisotopic (exact) mass is 344 g/mol. The molecular formula is C19H20O4S. The number of hydrogen-bond acceptors (Lipinski definition) is 5. The summed E-state index contributed by atoms with van der Waals surface area (Å²) in [5, 5.41) is -0.146. The molecule has 5 heteroatoms. The largest absolute Gasteiger partial charge is 0.497 e. The summed E-state index contributed by atoms with van der Waals surface area (Å²) in [6, 6.07) is 16.7. The highest BCUT2D eigenvalue weighted by atomic mass is 32.2. The average molecular weight is 344 g/mol. The molecule has 0 unspecified atom stereocenters. The number of esters is 1. The summed E-state index contributed by atoms with van der Waals surface area (Å²) in [5.41, 5.74) is 1.62. The van der Waals surface area contributed by atoms with Gasteiger partial charge in [-0.25, -0.2) is 0 Å². The van der Waals surface area contributed by atoms with Crippen molar-refractivity contribution in [2.24, 2.45) is 0 Å². The first-order valence-corrected chi connectivity index (χ1v) is 8.59. The first kappa shape index (κ1) is 18.1. The fourth-order valence-corrected chi connectivity index (χ4v) is 3.32. The van der Waals surface area contributed by atoms with Crippen molar-refractivity contribution in [3.05, 3.63) is 65.7 Å². The van der Waals surface area contributed by atoms with Crippen LogP contribution in [0.1, 0.15) is 27.6 Å². The molecule has 0 aliphatic carbocycles. The van der Waals surface area contributed by atoms with Gasteiger partial charge in [0, 0.05) is 17.2 Å². The lowest BCUT2D eigenvalue weighted by Crippen LogP contribution is -2.10. The molecule has 24 heavy (non-hydrogen) atoms. The van der Waals surface area contributed by atoms with Crippen LogP contribution in [0.3, 0.4) is 0 Å². The van der Waals surface area contributed by atoms with Gasteiger partial charge < -0.3 is 9.47 Å². The topological polar surface area (TPSA) is 52.6 Å². The molecule has 126 valence electrons. The molecular weight excluding hydrogens is 324 g/mol. The zero-order chi connectivity index (χ0) is 17.4. The minimum atomic E-state index is -0.306. The summed E-state index contributed by atoms with van der Waals surface area (Å²) in [6.45, 7) is 0. The van der Waals surface area contributed by atoms with Gasteiger partial charge in [-0.2, -0.15) is 0 Å². The van der Waals surface area contributed by atoms with E-state index in [0.717, 1.165) is 11.3 Å². The molecule has 2 aromatic carbocycles. The fraction of sp³-hybridized carbons (Fsp3) is 0.263. The Kier molecular flexibility index (Phi) is 6.88. The third-order valence-corrected chi connectivity index (χ3v) is 4.81. The minimum Gasteiger partial charge on any atom is -0.497 e. The zero-order valence-corrected chi connectivity index (χ0v) is 14.5. The molecule has 0 spiro atoms. The van der Waals surface area contributed by atoms with E-state index in [4.69, 9.17) is 9.47 Å². The van der Waals surface area contributed by atoms with Crippen LogP contribution in [-0.4, -0.2) is 31.7 Å². The number of carbonyl (C=O) groups excluding carboxylic acids is 2. The van der Waals surface area contributed by atoms with Crippen molar-refractivity contribution in [3.63, 3.8) is 0 Å². The van der Waals surface area contributed by atoms with E-state index in [0.29, 0.717) is 12.0 Å². The SMILES string of the molecule is COC(=O)CS[C@@H](CC(=O)c1ccccc1)c1cccc(OC)c1. The van der Waals surface area contributed by atoms with Crippen LogP contribution < -0.4 is 4.74 Å². The van der Waals surface area contributed by atoms with Crippen molar-refractivity contribution in [2.75, 3.05) is 20.0 Å². The summed E-state index contributed by atoms with van der Waals surface area (Å²) in [4.78, 5) is 24.0. The number of Topliss-reactive ketones (excluding diaryl/α,β-unsaturated/α-hetero) is 1. The van der Waals surface area contributed by atoms with Crippen LogP contribution in [0.25, 0.3) is 0 Å². The van der Waals surface area contributed by atoms with Crippen molar-refractivity contribution in [1.29, 1.82) is 0 Å². The summed E-state index contributed by atoms with van der Waals surface area (Å²) >= 11 is 1.40. The molecule has 0 aliphatic heterocycles. The van der Waals surface area contributed by atoms with Gasteiger partial charge >= 0.3 is 5.97 Å². The van der Waals surface area contributed by atoms with E-state index in [1.165, 1.54) is 18.9 Å². The van der Waals surface area contributed by atoms with Crippen LogP contribution in [-0.2, 0) is 9.53 Å². The Labute approximate surface area is 146 Å². The van der Waals surface area contributed by atoms with Gasteiger partial charge in [0.15, 0.2) is 5.78 Å². The lowest BCUT2D eigenvalue weighted by atomic mass is 10.0. The Bertz CT molecular complexity index is 685. The van der Waals surface area contributed by atoms with Crippen LogP contribution in [0.5, 0.6) is 5.75 Å². The Morgan fingerprint density at radius 1 is 1.04 bits per heavy atom. The van der Waals surface area contributed by atoms with Crippen LogP contribution in [0, 0.1) is 0 Å². The highest BCUT2D eigenvalue weighted by Crippen LogP contribution is 2.35. The Hall–Kier alpha value is -2.27. The molecule has 0 aliphatic rings. The first-order valence-electron chi connectivity index (χ1n) is 7.54. The molecule has 0 N–H and O–H groups in total. The summed E-state index contributed by atoms with van der Waals surface area (Å²) in [6.07, 6.45) is 0.304. The van der Waals surface area contributed by atoms with Gasteiger partial charge in [0.05, 0.1) is 20.0 Å². The highest BCUT2D eigenvalue weighted by molar-refractivity contribution is 8.00. The van der Waals surface area contributed by atoms with Crippen LogP contribution >= 0.6 is 11.8 Å². The molecule has 0 saturated carbocycles. The minimum absolute atomic E-state index is 0.0424. The maximum absolute atomic E-state index is 12.5. The van der Waals surface area contributed by atoms with Gasteiger partial charge in [0.2, 0.25) is 0 Å². The predicted octanol–water partition coefficient (Wildman–Crippen LogP) is 3.92. The Morgan fingerprint density at radius 3 is 2.46 bits per heavy atom. The molecule has 0 amide bonds. The van der Waals surface area contributed by atoms with Gasteiger partial charge in [-0.05, 0) is 17.7 Å². The lowest BCUT2D eigenvalue weighted by molar-refractivity contribution is -0.137. The van der Waals surface area contributed by atoms with Crippen molar-refractivity contribution >= 4 is 23.5 Å². The van der Waals surface area contributed by atoms with Gasteiger partial charge in [-0.15, -0.1) is 11.8 Å². The normalized spacial score (nSPS) is 11.6. The molecule has 1 atom stereocenters. The second-order valence-corrected chi connectivity index (χ2v) is 6.34. The number of thioether (sulfide) groups is 1.